The quantitative estimate of drug-likeness (QED) is 0.654. The van der Waals surface area contributed by atoms with Crippen molar-refractivity contribution in [3.8, 4) is 17.3 Å². The van der Waals surface area contributed by atoms with E-state index in [-0.39, 0.29) is 28.4 Å². The number of carboxylic acids is 1. The average molecular weight is 283 g/mol. The molecule has 0 saturated heterocycles. The number of carbonyl (C=O) groups is 1. The van der Waals surface area contributed by atoms with Gasteiger partial charge in [0, 0.05) is 6.20 Å². The van der Waals surface area contributed by atoms with E-state index in [2.05, 4.69) is 15.0 Å². The third-order valence-electron chi connectivity index (χ3n) is 2.95. The molecule has 0 atom stereocenters. The predicted octanol–water partition coefficient (Wildman–Crippen LogP) is 1.39. The highest BCUT2D eigenvalue weighted by Crippen LogP contribution is 2.24. The summed E-state index contributed by atoms with van der Waals surface area (Å²) in [6, 6.07) is 7.80. The normalized spacial score (nSPS) is 10.7. The van der Waals surface area contributed by atoms with Gasteiger partial charge >= 0.3 is 5.97 Å². The summed E-state index contributed by atoms with van der Waals surface area (Å²) >= 11 is 0. The lowest BCUT2D eigenvalue weighted by Gasteiger charge is -2.05. The molecule has 2 aromatic heterocycles. The van der Waals surface area contributed by atoms with Crippen LogP contribution >= 0.6 is 0 Å². The fourth-order valence-electron chi connectivity index (χ4n) is 1.95. The number of H-pyrrole nitrogens is 1. The van der Waals surface area contributed by atoms with Crippen molar-refractivity contribution in [1.82, 2.24) is 15.0 Å². The number of fused-ring (bicyclic) bond motifs is 1. The number of carboxylic acid groups (broad SMARTS) is 1. The van der Waals surface area contributed by atoms with Crippen molar-refractivity contribution < 1.29 is 15.0 Å². The molecule has 0 bridgehead atoms. The van der Waals surface area contributed by atoms with Crippen LogP contribution in [0.3, 0.4) is 0 Å². The molecule has 0 aliphatic heterocycles. The SMILES string of the molecule is O=C(O)c1cnc(-c2nc3ccccc3c(=O)[nH]2)c(O)c1. The van der Waals surface area contributed by atoms with Gasteiger partial charge in [-0.2, -0.15) is 0 Å². The molecule has 2 heterocycles. The van der Waals surface area contributed by atoms with Gasteiger partial charge in [-0.05, 0) is 18.2 Å². The number of hydrogen-bond acceptors (Lipinski definition) is 5. The Bertz CT molecular complexity index is 917. The van der Waals surface area contributed by atoms with Crippen molar-refractivity contribution in [3.05, 3.63) is 52.4 Å². The van der Waals surface area contributed by atoms with E-state index < -0.39 is 5.97 Å². The molecule has 104 valence electrons. The van der Waals surface area contributed by atoms with Crippen molar-refractivity contribution in [1.29, 1.82) is 0 Å². The molecule has 0 amide bonds. The fourth-order valence-corrected chi connectivity index (χ4v) is 1.95. The summed E-state index contributed by atoms with van der Waals surface area (Å²) in [7, 11) is 0. The summed E-state index contributed by atoms with van der Waals surface area (Å²) in [6.07, 6.45) is 1.09. The summed E-state index contributed by atoms with van der Waals surface area (Å²) in [5.41, 5.74) is -0.0406. The molecule has 0 radical (unpaired) electrons. The van der Waals surface area contributed by atoms with E-state index in [1.54, 1.807) is 24.3 Å². The van der Waals surface area contributed by atoms with Crippen molar-refractivity contribution in [2.75, 3.05) is 0 Å². The molecule has 7 nitrogen and oxygen atoms in total. The Kier molecular flexibility index (Phi) is 2.87. The van der Waals surface area contributed by atoms with Crippen LogP contribution in [-0.2, 0) is 0 Å². The predicted molar refractivity (Wildman–Crippen MR) is 74.2 cm³/mol. The number of aromatic hydroxyl groups is 1. The van der Waals surface area contributed by atoms with Gasteiger partial charge in [-0.15, -0.1) is 0 Å². The summed E-state index contributed by atoms with van der Waals surface area (Å²) in [5.74, 6) is -1.49. The van der Waals surface area contributed by atoms with Crippen molar-refractivity contribution in [2.45, 2.75) is 0 Å². The second-order valence-electron chi connectivity index (χ2n) is 4.33. The minimum Gasteiger partial charge on any atom is -0.506 e. The van der Waals surface area contributed by atoms with Crippen LogP contribution in [0, 0.1) is 0 Å². The Balaban J connectivity index is 2.21. The molecule has 0 fully saturated rings. The van der Waals surface area contributed by atoms with E-state index in [1.165, 1.54) is 0 Å². The molecule has 0 saturated carbocycles. The van der Waals surface area contributed by atoms with Crippen LogP contribution in [0.5, 0.6) is 5.75 Å². The van der Waals surface area contributed by atoms with Crippen molar-refractivity contribution >= 4 is 16.9 Å². The first kappa shape index (κ1) is 12.8. The average Bonchev–Trinajstić information content (AvgIpc) is 2.47. The smallest absolute Gasteiger partial charge is 0.337 e. The van der Waals surface area contributed by atoms with Crippen LogP contribution in [-0.4, -0.2) is 31.1 Å². The zero-order valence-corrected chi connectivity index (χ0v) is 10.6. The number of aromatic carboxylic acids is 1. The standard InChI is InChI=1S/C14H9N3O4/c18-10-5-7(14(20)21)6-15-11(10)12-16-9-4-2-1-3-8(9)13(19)17-12/h1-6,18H,(H,20,21)(H,16,17,19). The highest BCUT2D eigenvalue weighted by molar-refractivity contribution is 5.88. The van der Waals surface area contributed by atoms with Crippen LogP contribution in [0.25, 0.3) is 22.4 Å². The lowest BCUT2D eigenvalue weighted by atomic mass is 10.2. The Hall–Kier alpha value is -3.22. The van der Waals surface area contributed by atoms with Gasteiger partial charge < -0.3 is 15.2 Å². The number of nitrogens with one attached hydrogen (secondary N) is 1. The van der Waals surface area contributed by atoms with Crippen LogP contribution in [0.4, 0.5) is 0 Å². The van der Waals surface area contributed by atoms with Crippen molar-refractivity contribution in [2.24, 2.45) is 0 Å². The van der Waals surface area contributed by atoms with Gasteiger partial charge in [0.15, 0.2) is 5.82 Å². The number of pyridine rings is 1. The molecule has 0 aliphatic rings. The van der Waals surface area contributed by atoms with Crippen LogP contribution in [0.2, 0.25) is 0 Å². The minimum absolute atomic E-state index is 0.0165. The number of aromatic nitrogens is 3. The zero-order valence-electron chi connectivity index (χ0n) is 10.6. The summed E-state index contributed by atoms with van der Waals surface area (Å²) in [6.45, 7) is 0. The molecular weight excluding hydrogens is 274 g/mol. The zero-order chi connectivity index (χ0) is 15.0. The molecule has 3 N–H and O–H groups in total. The van der Waals surface area contributed by atoms with E-state index >= 15 is 0 Å². The van der Waals surface area contributed by atoms with Crippen molar-refractivity contribution in [3.63, 3.8) is 0 Å². The third-order valence-corrected chi connectivity index (χ3v) is 2.95. The molecule has 21 heavy (non-hydrogen) atoms. The van der Waals surface area contributed by atoms with Gasteiger partial charge in [0.05, 0.1) is 16.5 Å². The largest absolute Gasteiger partial charge is 0.506 e. The first-order chi connectivity index (χ1) is 10.1. The van der Waals surface area contributed by atoms with Crippen LogP contribution < -0.4 is 5.56 Å². The summed E-state index contributed by atoms with van der Waals surface area (Å²) < 4.78 is 0. The van der Waals surface area contributed by atoms with Gasteiger partial charge in [-0.25, -0.2) is 14.8 Å². The first-order valence-electron chi connectivity index (χ1n) is 5.98. The molecule has 0 aliphatic carbocycles. The first-order valence-corrected chi connectivity index (χ1v) is 5.98. The fraction of sp³-hybridized carbons (Fsp3) is 0. The molecule has 1 aromatic carbocycles. The molecule has 3 aromatic rings. The Morgan fingerprint density at radius 3 is 2.71 bits per heavy atom. The lowest BCUT2D eigenvalue weighted by molar-refractivity contribution is 0.0696. The highest BCUT2D eigenvalue weighted by atomic mass is 16.4. The van der Waals surface area contributed by atoms with Gasteiger partial charge in [-0.1, -0.05) is 12.1 Å². The summed E-state index contributed by atoms with van der Waals surface area (Å²) in [4.78, 5) is 33.4. The van der Waals surface area contributed by atoms with E-state index in [1.807, 2.05) is 0 Å². The highest BCUT2D eigenvalue weighted by Gasteiger charge is 2.14. The summed E-state index contributed by atoms with van der Waals surface area (Å²) in [5, 5.41) is 19.1. The van der Waals surface area contributed by atoms with E-state index in [0.717, 1.165) is 12.3 Å². The molecule has 0 spiro atoms. The van der Waals surface area contributed by atoms with Gasteiger partial charge in [0.25, 0.3) is 5.56 Å². The second-order valence-corrected chi connectivity index (χ2v) is 4.33. The number of para-hydroxylation sites is 1. The van der Waals surface area contributed by atoms with Gasteiger partial charge in [0.1, 0.15) is 11.4 Å². The molecule has 7 heteroatoms. The number of aromatic amines is 1. The number of nitrogens with zero attached hydrogens (tertiary/aromatic N) is 2. The van der Waals surface area contributed by atoms with E-state index in [9.17, 15) is 14.7 Å². The Morgan fingerprint density at radius 1 is 1.24 bits per heavy atom. The maximum Gasteiger partial charge on any atom is 0.337 e. The van der Waals surface area contributed by atoms with Gasteiger partial charge in [-0.3, -0.25) is 4.79 Å². The number of hydrogen-bond donors (Lipinski definition) is 3. The molecule has 3 rings (SSSR count). The maximum absolute atomic E-state index is 12.0. The molecule has 0 unspecified atom stereocenters. The van der Waals surface area contributed by atoms with E-state index in [4.69, 9.17) is 5.11 Å². The third kappa shape index (κ3) is 2.20. The maximum atomic E-state index is 12.0. The van der Waals surface area contributed by atoms with Crippen LogP contribution in [0.1, 0.15) is 10.4 Å². The number of rotatable bonds is 2. The second kappa shape index (κ2) is 4.71. The van der Waals surface area contributed by atoms with Crippen LogP contribution in [0.15, 0.2) is 41.3 Å². The minimum atomic E-state index is -1.20. The van der Waals surface area contributed by atoms with Gasteiger partial charge in [0.2, 0.25) is 0 Å². The van der Waals surface area contributed by atoms with E-state index in [0.29, 0.717) is 10.9 Å². The lowest BCUT2D eigenvalue weighted by Crippen LogP contribution is -2.10. The monoisotopic (exact) mass is 283 g/mol. The topological polar surface area (TPSA) is 116 Å². The molecular formula is C14H9N3O4. The number of benzene rings is 1. The Morgan fingerprint density at radius 2 is 2.00 bits per heavy atom. The Labute approximate surface area is 117 Å².